The highest BCUT2D eigenvalue weighted by Gasteiger charge is 2.23. The van der Waals surface area contributed by atoms with Crippen LogP contribution in [-0.4, -0.2) is 16.6 Å². The van der Waals surface area contributed by atoms with Crippen molar-refractivity contribution in [3.05, 3.63) is 77.5 Å². The maximum atomic E-state index is 12.4. The Morgan fingerprint density at radius 1 is 1.04 bits per heavy atom. The van der Waals surface area contributed by atoms with Gasteiger partial charge in [0.1, 0.15) is 0 Å². The van der Waals surface area contributed by atoms with Crippen molar-refractivity contribution in [3.63, 3.8) is 0 Å². The van der Waals surface area contributed by atoms with Crippen molar-refractivity contribution in [3.8, 4) is 11.3 Å². The van der Waals surface area contributed by atoms with E-state index in [2.05, 4.69) is 23.6 Å². The van der Waals surface area contributed by atoms with Gasteiger partial charge in [0.05, 0.1) is 16.9 Å². The Bertz CT molecular complexity index is 922. The molecule has 3 nitrogen and oxygen atoms in total. The van der Waals surface area contributed by atoms with Gasteiger partial charge >= 0.3 is 0 Å². The minimum atomic E-state index is 0.0507. The van der Waals surface area contributed by atoms with Crippen LogP contribution in [0, 0.1) is 6.92 Å². The molecule has 0 unspecified atom stereocenters. The number of benzene rings is 2. The topological polar surface area (TPSA) is 34.4 Å². The molecule has 3 heteroatoms. The van der Waals surface area contributed by atoms with E-state index in [1.165, 1.54) is 0 Å². The summed E-state index contributed by atoms with van der Waals surface area (Å²) in [5, 5.41) is 0. The molecule has 3 aromatic rings. The predicted octanol–water partition coefficient (Wildman–Crippen LogP) is 5.83. The van der Waals surface area contributed by atoms with Crippen molar-refractivity contribution < 1.29 is 4.79 Å². The van der Waals surface area contributed by atoms with Gasteiger partial charge in [-0.1, -0.05) is 67.6 Å². The van der Waals surface area contributed by atoms with Crippen molar-refractivity contribution in [2.45, 2.75) is 33.7 Å². The Balaban J connectivity index is 2.24. The molecule has 0 fully saturated rings. The standard InChI is InChI=1S/C23H24N2O/c1-4-15-25-17(2)21(18(3)26)22(23(25)20-13-9-6-10-14-20)24-16-19-11-7-5-8-12-19/h5-14,16H,4,15H2,1-3H3/b24-16+. The van der Waals surface area contributed by atoms with E-state index in [4.69, 9.17) is 4.99 Å². The summed E-state index contributed by atoms with van der Waals surface area (Å²) >= 11 is 0. The van der Waals surface area contributed by atoms with Gasteiger partial charge in [0.25, 0.3) is 0 Å². The number of aromatic nitrogens is 1. The average molecular weight is 344 g/mol. The molecule has 1 heterocycles. The van der Waals surface area contributed by atoms with E-state index in [0.29, 0.717) is 5.56 Å². The molecule has 132 valence electrons. The van der Waals surface area contributed by atoms with Crippen LogP contribution >= 0.6 is 0 Å². The van der Waals surface area contributed by atoms with Crippen LogP contribution in [0.4, 0.5) is 5.69 Å². The Labute approximate surface area is 155 Å². The van der Waals surface area contributed by atoms with Gasteiger partial charge in [-0.3, -0.25) is 9.79 Å². The van der Waals surface area contributed by atoms with Crippen molar-refractivity contribution in [2.75, 3.05) is 0 Å². The summed E-state index contributed by atoms with van der Waals surface area (Å²) in [6.45, 7) is 6.64. The van der Waals surface area contributed by atoms with Gasteiger partial charge in [-0.05, 0) is 25.8 Å². The largest absolute Gasteiger partial charge is 0.342 e. The second kappa shape index (κ2) is 7.96. The molecule has 0 atom stereocenters. The van der Waals surface area contributed by atoms with Crippen LogP contribution in [0.15, 0.2) is 65.7 Å². The zero-order valence-electron chi connectivity index (χ0n) is 15.6. The number of hydrogen-bond acceptors (Lipinski definition) is 2. The van der Waals surface area contributed by atoms with Crippen LogP contribution in [0.3, 0.4) is 0 Å². The Kier molecular flexibility index (Phi) is 5.47. The second-order valence-corrected chi connectivity index (χ2v) is 6.40. The third kappa shape index (κ3) is 3.52. The van der Waals surface area contributed by atoms with Crippen LogP contribution < -0.4 is 0 Å². The molecule has 26 heavy (non-hydrogen) atoms. The van der Waals surface area contributed by atoms with Crippen molar-refractivity contribution in [1.82, 2.24) is 4.57 Å². The van der Waals surface area contributed by atoms with E-state index in [0.717, 1.165) is 41.2 Å². The minimum Gasteiger partial charge on any atom is -0.342 e. The van der Waals surface area contributed by atoms with E-state index in [9.17, 15) is 4.79 Å². The first kappa shape index (κ1) is 17.9. The van der Waals surface area contributed by atoms with E-state index in [-0.39, 0.29) is 5.78 Å². The molecule has 0 bridgehead atoms. The smallest absolute Gasteiger partial charge is 0.163 e. The number of carbonyl (C=O) groups is 1. The summed E-state index contributed by atoms with van der Waals surface area (Å²) < 4.78 is 2.23. The molecule has 0 N–H and O–H groups in total. The lowest BCUT2D eigenvalue weighted by Gasteiger charge is -2.11. The number of carbonyl (C=O) groups excluding carboxylic acids is 1. The molecule has 3 rings (SSSR count). The molecular weight excluding hydrogens is 320 g/mol. The zero-order chi connectivity index (χ0) is 18.5. The fourth-order valence-electron chi connectivity index (χ4n) is 3.34. The highest BCUT2D eigenvalue weighted by atomic mass is 16.1. The molecule has 0 aliphatic carbocycles. The maximum Gasteiger partial charge on any atom is 0.163 e. The first-order valence-corrected chi connectivity index (χ1v) is 9.02. The van der Waals surface area contributed by atoms with Crippen LogP contribution in [0.25, 0.3) is 11.3 Å². The third-order valence-electron chi connectivity index (χ3n) is 4.49. The van der Waals surface area contributed by atoms with E-state index in [1.807, 2.05) is 61.7 Å². The summed E-state index contributed by atoms with van der Waals surface area (Å²) in [5.74, 6) is 0.0507. The molecule has 2 aromatic carbocycles. The van der Waals surface area contributed by atoms with E-state index < -0.39 is 0 Å². The molecule has 0 radical (unpaired) electrons. The second-order valence-electron chi connectivity index (χ2n) is 6.40. The molecule has 0 saturated carbocycles. The van der Waals surface area contributed by atoms with Crippen molar-refractivity contribution >= 4 is 17.7 Å². The van der Waals surface area contributed by atoms with Gasteiger partial charge in [0, 0.05) is 24.0 Å². The Morgan fingerprint density at radius 2 is 1.65 bits per heavy atom. The quantitative estimate of drug-likeness (QED) is 0.409. The fourth-order valence-corrected chi connectivity index (χ4v) is 3.34. The van der Waals surface area contributed by atoms with Crippen LogP contribution in [0.2, 0.25) is 0 Å². The van der Waals surface area contributed by atoms with Gasteiger partial charge in [0.2, 0.25) is 0 Å². The first-order chi connectivity index (χ1) is 12.6. The van der Waals surface area contributed by atoms with Gasteiger partial charge in [-0.2, -0.15) is 0 Å². The lowest BCUT2D eigenvalue weighted by Crippen LogP contribution is -2.03. The SMILES string of the molecule is CCCn1c(C)c(C(C)=O)c(/N=C/c2ccccc2)c1-c1ccccc1. The highest BCUT2D eigenvalue weighted by molar-refractivity contribution is 6.05. The number of hydrogen-bond donors (Lipinski definition) is 0. The number of ketones is 1. The molecule has 0 spiro atoms. The van der Waals surface area contributed by atoms with E-state index >= 15 is 0 Å². The molecule has 0 aliphatic heterocycles. The van der Waals surface area contributed by atoms with Crippen LogP contribution in [0.1, 0.15) is 41.9 Å². The van der Waals surface area contributed by atoms with Crippen molar-refractivity contribution in [2.24, 2.45) is 4.99 Å². The number of nitrogens with zero attached hydrogens (tertiary/aromatic N) is 2. The first-order valence-electron chi connectivity index (χ1n) is 9.02. The average Bonchev–Trinajstić information content (AvgIpc) is 2.94. The number of Topliss-reactive ketones (excluding diaryl/α,β-unsaturated/α-hetero) is 1. The van der Waals surface area contributed by atoms with Crippen molar-refractivity contribution in [1.29, 1.82) is 0 Å². The monoisotopic (exact) mass is 344 g/mol. The number of rotatable bonds is 6. The summed E-state index contributed by atoms with van der Waals surface area (Å²) in [6.07, 6.45) is 2.83. The third-order valence-corrected chi connectivity index (χ3v) is 4.49. The predicted molar refractivity (Wildman–Crippen MR) is 109 cm³/mol. The summed E-state index contributed by atoms with van der Waals surface area (Å²) in [7, 11) is 0. The summed E-state index contributed by atoms with van der Waals surface area (Å²) in [6, 6.07) is 20.2. The van der Waals surface area contributed by atoms with E-state index in [1.54, 1.807) is 6.92 Å². The van der Waals surface area contributed by atoms with Crippen LogP contribution in [-0.2, 0) is 6.54 Å². The van der Waals surface area contributed by atoms with Gasteiger partial charge in [-0.15, -0.1) is 0 Å². The lowest BCUT2D eigenvalue weighted by atomic mass is 10.1. The van der Waals surface area contributed by atoms with Gasteiger partial charge in [0.15, 0.2) is 5.78 Å². The highest BCUT2D eigenvalue weighted by Crippen LogP contribution is 2.38. The Morgan fingerprint density at radius 3 is 2.23 bits per heavy atom. The van der Waals surface area contributed by atoms with Gasteiger partial charge < -0.3 is 4.57 Å². The molecular formula is C23H24N2O. The maximum absolute atomic E-state index is 12.4. The number of aliphatic imine (C=N–C) groups is 1. The molecule has 0 saturated heterocycles. The minimum absolute atomic E-state index is 0.0507. The molecule has 0 aliphatic rings. The summed E-state index contributed by atoms with van der Waals surface area (Å²) in [5.41, 5.74) is 5.57. The Hall–Kier alpha value is -2.94. The zero-order valence-corrected chi connectivity index (χ0v) is 15.6. The van der Waals surface area contributed by atoms with Crippen LogP contribution in [0.5, 0.6) is 0 Å². The summed E-state index contributed by atoms with van der Waals surface area (Å²) in [4.78, 5) is 17.2. The normalized spacial score (nSPS) is 11.2. The molecule has 1 aromatic heterocycles. The molecule has 0 amide bonds. The fraction of sp³-hybridized carbons (Fsp3) is 0.217. The van der Waals surface area contributed by atoms with Gasteiger partial charge in [-0.25, -0.2) is 0 Å². The lowest BCUT2D eigenvalue weighted by molar-refractivity contribution is 0.101.